The third kappa shape index (κ3) is 3.97. The third-order valence-corrected chi connectivity index (χ3v) is 4.05. The molecule has 0 saturated carbocycles. The predicted molar refractivity (Wildman–Crippen MR) is 86.7 cm³/mol. The molecule has 1 unspecified atom stereocenters. The summed E-state index contributed by atoms with van der Waals surface area (Å²) in [4.78, 5) is 11.0. The van der Waals surface area contributed by atoms with Crippen LogP contribution < -0.4 is 16.0 Å². The molecule has 118 valence electrons. The molecule has 1 aliphatic rings. The van der Waals surface area contributed by atoms with Gasteiger partial charge in [0.25, 0.3) is 0 Å². The molecule has 0 radical (unpaired) electrons. The summed E-state index contributed by atoms with van der Waals surface area (Å²) < 4.78 is 5.05. The van der Waals surface area contributed by atoms with Gasteiger partial charge in [-0.25, -0.2) is 9.97 Å². The minimum atomic E-state index is 0.539. The maximum atomic E-state index is 6.29. The number of piperidine rings is 1. The number of methoxy groups -OCH3 is 1. The molecular weight excluding hydrogens is 266 g/mol. The van der Waals surface area contributed by atoms with Crippen LogP contribution in [0.3, 0.4) is 0 Å². The largest absolute Gasteiger partial charge is 0.393 e. The molecule has 0 amide bonds. The lowest BCUT2D eigenvalue weighted by Gasteiger charge is -2.36. The predicted octanol–water partition coefficient (Wildman–Crippen LogP) is 2.28. The van der Waals surface area contributed by atoms with Crippen molar-refractivity contribution < 1.29 is 4.74 Å². The molecule has 2 rings (SSSR count). The van der Waals surface area contributed by atoms with E-state index in [9.17, 15) is 0 Å². The van der Waals surface area contributed by atoms with E-state index in [-0.39, 0.29) is 0 Å². The van der Waals surface area contributed by atoms with E-state index < -0.39 is 0 Å². The van der Waals surface area contributed by atoms with Crippen molar-refractivity contribution in [1.29, 1.82) is 0 Å². The van der Waals surface area contributed by atoms with Gasteiger partial charge in [0.05, 0.1) is 0 Å². The molecule has 21 heavy (non-hydrogen) atoms. The molecule has 0 aromatic carbocycles. The Labute approximate surface area is 127 Å². The number of nitrogens with zero attached hydrogens (tertiary/aromatic N) is 3. The van der Waals surface area contributed by atoms with E-state index in [0.717, 1.165) is 44.2 Å². The fraction of sp³-hybridized carbons (Fsp3) is 0.733. The lowest BCUT2D eigenvalue weighted by Crippen LogP contribution is -2.40. The van der Waals surface area contributed by atoms with Gasteiger partial charge in [-0.2, -0.15) is 0 Å². The van der Waals surface area contributed by atoms with Crippen LogP contribution in [0.4, 0.5) is 17.3 Å². The van der Waals surface area contributed by atoms with E-state index in [1.54, 1.807) is 13.4 Å². The first-order valence-corrected chi connectivity index (χ1v) is 7.87. The highest BCUT2D eigenvalue weighted by molar-refractivity contribution is 5.75. The van der Waals surface area contributed by atoms with Crippen LogP contribution in [0, 0.1) is 0 Å². The molecule has 1 aliphatic heterocycles. The fourth-order valence-electron chi connectivity index (χ4n) is 2.88. The second-order valence-electron chi connectivity index (χ2n) is 5.48. The van der Waals surface area contributed by atoms with Crippen molar-refractivity contribution in [2.24, 2.45) is 0 Å². The van der Waals surface area contributed by atoms with Gasteiger partial charge in [-0.15, -0.1) is 0 Å². The van der Waals surface area contributed by atoms with Crippen molar-refractivity contribution in [3.05, 3.63) is 6.33 Å². The monoisotopic (exact) mass is 293 g/mol. The standard InChI is InChI=1S/C15H27N5O/c1-3-12-7-4-5-9-20(12)15-13(16)14(18-11-19-15)17-8-6-10-21-2/h11-12H,3-10,16H2,1-2H3,(H,17,18,19). The Morgan fingerprint density at radius 1 is 1.43 bits per heavy atom. The van der Waals surface area contributed by atoms with Crippen molar-refractivity contribution in [3.8, 4) is 0 Å². The van der Waals surface area contributed by atoms with Crippen molar-refractivity contribution in [2.45, 2.75) is 45.1 Å². The summed E-state index contributed by atoms with van der Waals surface area (Å²) in [5, 5.41) is 3.28. The van der Waals surface area contributed by atoms with Crippen LogP contribution in [0.5, 0.6) is 0 Å². The SMILES string of the molecule is CCC1CCCCN1c1ncnc(NCCCOC)c1N. The quantitative estimate of drug-likeness (QED) is 0.751. The van der Waals surface area contributed by atoms with Crippen LogP contribution in [0.15, 0.2) is 6.33 Å². The van der Waals surface area contributed by atoms with Gasteiger partial charge in [0.1, 0.15) is 12.0 Å². The van der Waals surface area contributed by atoms with Crippen LogP contribution in [-0.4, -0.2) is 42.8 Å². The molecule has 1 atom stereocenters. The molecular formula is C15H27N5O. The molecule has 1 aromatic rings. The van der Waals surface area contributed by atoms with Crippen LogP contribution in [-0.2, 0) is 4.74 Å². The zero-order valence-corrected chi connectivity index (χ0v) is 13.1. The van der Waals surface area contributed by atoms with Gasteiger partial charge in [-0.05, 0) is 32.1 Å². The van der Waals surface area contributed by atoms with E-state index in [2.05, 4.69) is 27.1 Å². The molecule has 6 heteroatoms. The van der Waals surface area contributed by atoms with Crippen LogP contribution in [0.25, 0.3) is 0 Å². The number of rotatable bonds is 7. The average molecular weight is 293 g/mol. The molecule has 0 spiro atoms. The Bertz CT molecular complexity index is 440. The summed E-state index contributed by atoms with van der Waals surface area (Å²) in [5.74, 6) is 1.61. The van der Waals surface area contributed by atoms with Gasteiger partial charge in [0.15, 0.2) is 11.6 Å². The van der Waals surface area contributed by atoms with Crippen LogP contribution in [0.2, 0.25) is 0 Å². The Balaban J connectivity index is 2.09. The summed E-state index contributed by atoms with van der Waals surface area (Å²) in [6.07, 6.45) is 7.37. The lowest BCUT2D eigenvalue weighted by molar-refractivity contribution is 0.198. The average Bonchev–Trinajstić information content (AvgIpc) is 2.53. The number of ether oxygens (including phenoxy) is 1. The molecule has 6 nitrogen and oxygen atoms in total. The number of nitrogen functional groups attached to an aromatic ring is 1. The maximum Gasteiger partial charge on any atom is 0.157 e. The topological polar surface area (TPSA) is 76.3 Å². The van der Waals surface area contributed by atoms with Gasteiger partial charge >= 0.3 is 0 Å². The Morgan fingerprint density at radius 2 is 2.29 bits per heavy atom. The second kappa shape index (κ2) is 8.02. The van der Waals surface area contributed by atoms with E-state index >= 15 is 0 Å². The first kappa shape index (κ1) is 15.8. The summed E-state index contributed by atoms with van der Waals surface area (Å²) in [7, 11) is 1.71. The van der Waals surface area contributed by atoms with Crippen molar-refractivity contribution in [2.75, 3.05) is 42.8 Å². The first-order chi connectivity index (χ1) is 10.3. The lowest BCUT2D eigenvalue weighted by atomic mass is 10.00. The minimum Gasteiger partial charge on any atom is -0.393 e. The van der Waals surface area contributed by atoms with E-state index in [0.29, 0.717) is 11.7 Å². The highest BCUT2D eigenvalue weighted by atomic mass is 16.5. The van der Waals surface area contributed by atoms with Crippen LogP contribution >= 0.6 is 0 Å². The highest BCUT2D eigenvalue weighted by Crippen LogP contribution is 2.31. The summed E-state index contributed by atoms with van der Waals surface area (Å²) in [6, 6.07) is 0.539. The van der Waals surface area contributed by atoms with Crippen LogP contribution in [0.1, 0.15) is 39.0 Å². The van der Waals surface area contributed by atoms with Gasteiger partial charge in [0, 0.05) is 32.8 Å². The van der Waals surface area contributed by atoms with Gasteiger partial charge in [0.2, 0.25) is 0 Å². The normalized spacial score (nSPS) is 18.8. The number of hydrogen-bond donors (Lipinski definition) is 2. The minimum absolute atomic E-state index is 0.539. The molecule has 3 N–H and O–H groups in total. The Kier molecular flexibility index (Phi) is 6.04. The summed E-state index contributed by atoms with van der Waals surface area (Å²) in [5.41, 5.74) is 6.95. The van der Waals surface area contributed by atoms with Gasteiger partial charge < -0.3 is 20.7 Å². The summed E-state index contributed by atoms with van der Waals surface area (Å²) in [6.45, 7) is 4.79. The number of hydrogen-bond acceptors (Lipinski definition) is 6. The van der Waals surface area contributed by atoms with Crippen molar-refractivity contribution in [1.82, 2.24) is 9.97 Å². The third-order valence-electron chi connectivity index (χ3n) is 4.05. The summed E-state index contributed by atoms with van der Waals surface area (Å²) >= 11 is 0. The molecule has 1 fully saturated rings. The Hall–Kier alpha value is -1.56. The van der Waals surface area contributed by atoms with E-state index in [1.165, 1.54) is 19.3 Å². The fourth-order valence-corrected chi connectivity index (χ4v) is 2.88. The van der Waals surface area contributed by atoms with Crippen molar-refractivity contribution >= 4 is 17.3 Å². The highest BCUT2D eigenvalue weighted by Gasteiger charge is 2.24. The van der Waals surface area contributed by atoms with E-state index in [1.807, 2.05) is 0 Å². The maximum absolute atomic E-state index is 6.29. The van der Waals surface area contributed by atoms with E-state index in [4.69, 9.17) is 10.5 Å². The number of aromatic nitrogens is 2. The first-order valence-electron chi connectivity index (χ1n) is 7.87. The number of nitrogens with one attached hydrogen (secondary N) is 1. The molecule has 0 bridgehead atoms. The molecule has 0 aliphatic carbocycles. The van der Waals surface area contributed by atoms with Gasteiger partial charge in [-0.1, -0.05) is 6.92 Å². The molecule has 1 aromatic heterocycles. The Morgan fingerprint density at radius 3 is 3.05 bits per heavy atom. The van der Waals surface area contributed by atoms with Gasteiger partial charge in [-0.3, -0.25) is 0 Å². The zero-order chi connectivity index (χ0) is 15.1. The molecule has 2 heterocycles. The van der Waals surface area contributed by atoms with Crippen molar-refractivity contribution in [3.63, 3.8) is 0 Å². The molecule has 1 saturated heterocycles. The number of nitrogens with two attached hydrogens (primary N) is 1. The smallest absolute Gasteiger partial charge is 0.157 e. The number of anilines is 3. The second-order valence-corrected chi connectivity index (χ2v) is 5.48. The zero-order valence-electron chi connectivity index (χ0n) is 13.1.